The minimum absolute atomic E-state index is 0.118. The molecule has 0 aromatic carbocycles. The lowest BCUT2D eigenvalue weighted by atomic mass is 10.2. The molecule has 0 N–H and O–H groups in total. The van der Waals surface area contributed by atoms with Gasteiger partial charge in [0, 0.05) is 38.0 Å². The summed E-state index contributed by atoms with van der Waals surface area (Å²) in [6.45, 7) is 2.44. The molecule has 0 unspecified atom stereocenters. The molecule has 1 aromatic rings. The summed E-state index contributed by atoms with van der Waals surface area (Å²) in [6.07, 6.45) is -0.389. The maximum atomic E-state index is 12.5. The van der Waals surface area contributed by atoms with Crippen molar-refractivity contribution < 1.29 is 18.3 Å². The van der Waals surface area contributed by atoms with Crippen LogP contribution in [0, 0.1) is 11.8 Å². The van der Waals surface area contributed by atoms with E-state index in [4.69, 9.17) is 4.74 Å². The van der Waals surface area contributed by atoms with E-state index in [0.717, 1.165) is 5.82 Å². The fraction of sp³-hybridized carbons (Fsp3) is 0.600. The molecule has 3 rings (SSSR count). The number of aromatic nitrogens is 1. The Morgan fingerprint density at radius 1 is 1.32 bits per heavy atom. The maximum Gasteiger partial charge on any atom is 0.242 e. The molecule has 0 radical (unpaired) electrons. The first-order chi connectivity index (χ1) is 10.6. The number of anilines is 1. The summed E-state index contributed by atoms with van der Waals surface area (Å²) in [5.74, 6) is 0.223. The van der Waals surface area contributed by atoms with Crippen molar-refractivity contribution in [1.29, 1.82) is 0 Å². The highest BCUT2D eigenvalue weighted by atomic mass is 19.3. The molecule has 1 aliphatic heterocycles. The van der Waals surface area contributed by atoms with E-state index >= 15 is 0 Å². The Hall–Kier alpha value is -1.92. The van der Waals surface area contributed by atoms with Crippen LogP contribution >= 0.6 is 0 Å². The van der Waals surface area contributed by atoms with Gasteiger partial charge in [-0.15, -0.1) is 0 Å². The summed E-state index contributed by atoms with van der Waals surface area (Å²) in [5, 5.41) is 0. The number of nitrogens with zero attached hydrogens (tertiary/aromatic N) is 3. The van der Waals surface area contributed by atoms with Crippen LogP contribution in [0.25, 0.3) is 0 Å². The van der Waals surface area contributed by atoms with Crippen molar-refractivity contribution >= 4 is 11.7 Å². The van der Waals surface area contributed by atoms with Crippen LogP contribution in [0.5, 0.6) is 5.75 Å². The van der Waals surface area contributed by atoms with Crippen molar-refractivity contribution in [2.24, 2.45) is 11.8 Å². The van der Waals surface area contributed by atoms with E-state index in [2.05, 4.69) is 9.88 Å². The van der Waals surface area contributed by atoms with Crippen molar-refractivity contribution in [3.63, 3.8) is 0 Å². The summed E-state index contributed by atoms with van der Waals surface area (Å²) < 4.78 is 30.2. The zero-order valence-electron chi connectivity index (χ0n) is 12.4. The number of amides is 1. The highest BCUT2D eigenvalue weighted by Crippen LogP contribution is 2.44. The molecular formula is C15H19F2N3O2. The van der Waals surface area contributed by atoms with Crippen LogP contribution in [-0.4, -0.2) is 55.5 Å². The van der Waals surface area contributed by atoms with Gasteiger partial charge < -0.3 is 14.5 Å². The normalized spacial score (nSPS) is 24.5. The van der Waals surface area contributed by atoms with Gasteiger partial charge in [-0.25, -0.2) is 13.8 Å². The molecule has 7 heteroatoms. The Bertz CT molecular complexity index is 530. The average Bonchev–Trinajstić information content (AvgIpc) is 3.35. The molecule has 1 amide bonds. The molecule has 0 bridgehead atoms. The first kappa shape index (κ1) is 15.0. The number of ether oxygens (including phenoxy) is 1. The molecule has 5 nitrogen and oxygen atoms in total. The van der Waals surface area contributed by atoms with Crippen LogP contribution in [0.2, 0.25) is 0 Å². The van der Waals surface area contributed by atoms with E-state index < -0.39 is 18.3 Å². The van der Waals surface area contributed by atoms with Gasteiger partial charge in [0.2, 0.25) is 12.3 Å². The molecule has 120 valence electrons. The predicted octanol–water partition coefficient (Wildman–Crippen LogP) is 1.64. The highest BCUT2D eigenvalue weighted by molar-refractivity contribution is 5.82. The number of rotatable bonds is 4. The number of halogens is 2. The zero-order chi connectivity index (χ0) is 15.7. The van der Waals surface area contributed by atoms with Crippen LogP contribution in [0.15, 0.2) is 18.3 Å². The van der Waals surface area contributed by atoms with Gasteiger partial charge in [-0.1, -0.05) is 0 Å². The van der Waals surface area contributed by atoms with E-state index in [1.54, 1.807) is 18.2 Å². The number of alkyl halides is 2. The van der Waals surface area contributed by atoms with Gasteiger partial charge >= 0.3 is 0 Å². The van der Waals surface area contributed by atoms with Crippen molar-refractivity contribution in [1.82, 2.24) is 9.88 Å². The van der Waals surface area contributed by atoms with E-state index in [1.165, 1.54) is 0 Å². The molecule has 22 heavy (non-hydrogen) atoms. The number of piperazine rings is 1. The number of pyridine rings is 1. The van der Waals surface area contributed by atoms with Gasteiger partial charge in [-0.2, -0.15) is 0 Å². The second-order valence-corrected chi connectivity index (χ2v) is 5.71. The van der Waals surface area contributed by atoms with E-state index in [0.29, 0.717) is 38.3 Å². The van der Waals surface area contributed by atoms with Crippen molar-refractivity contribution in [3.8, 4) is 5.75 Å². The fourth-order valence-corrected chi connectivity index (χ4v) is 2.85. The standard InChI is InChI=1S/C15H19F2N3O2/c1-22-10-2-3-13(18-9-10)19-4-6-20(7-5-19)15(21)12-8-11(12)14(16)17/h2-3,9,11-12,14H,4-8H2,1H3/t11-,12-/m0/s1. The summed E-state index contributed by atoms with van der Waals surface area (Å²) in [4.78, 5) is 20.3. The van der Waals surface area contributed by atoms with Crippen molar-refractivity contribution in [2.75, 3.05) is 38.2 Å². The van der Waals surface area contributed by atoms with Gasteiger partial charge in [-0.05, 0) is 18.6 Å². The Kier molecular flexibility index (Phi) is 4.13. The molecular weight excluding hydrogens is 292 g/mol. The minimum Gasteiger partial charge on any atom is -0.495 e. The van der Waals surface area contributed by atoms with Gasteiger partial charge in [-0.3, -0.25) is 4.79 Å². The van der Waals surface area contributed by atoms with Crippen LogP contribution < -0.4 is 9.64 Å². The summed E-state index contributed by atoms with van der Waals surface area (Å²) in [6, 6.07) is 3.72. The monoisotopic (exact) mass is 311 g/mol. The van der Waals surface area contributed by atoms with Crippen LogP contribution in [-0.2, 0) is 4.79 Å². The van der Waals surface area contributed by atoms with Crippen molar-refractivity contribution in [2.45, 2.75) is 12.8 Å². The summed E-state index contributed by atoms with van der Waals surface area (Å²) >= 11 is 0. The molecule has 1 saturated carbocycles. The molecule has 0 spiro atoms. The second kappa shape index (κ2) is 6.06. The third-order valence-corrected chi connectivity index (χ3v) is 4.35. The molecule has 2 fully saturated rings. The third-order valence-electron chi connectivity index (χ3n) is 4.35. The van der Waals surface area contributed by atoms with Crippen LogP contribution in [0.3, 0.4) is 0 Å². The van der Waals surface area contributed by atoms with Gasteiger partial charge in [0.1, 0.15) is 11.6 Å². The number of carbonyl (C=O) groups is 1. The lowest BCUT2D eigenvalue weighted by Crippen LogP contribution is -2.49. The fourth-order valence-electron chi connectivity index (χ4n) is 2.85. The van der Waals surface area contributed by atoms with Gasteiger partial charge in [0.15, 0.2) is 0 Å². The number of hydrogen-bond acceptors (Lipinski definition) is 4. The summed E-state index contributed by atoms with van der Waals surface area (Å²) in [7, 11) is 1.59. The third kappa shape index (κ3) is 2.98. The largest absolute Gasteiger partial charge is 0.495 e. The first-order valence-corrected chi connectivity index (χ1v) is 7.42. The minimum atomic E-state index is -2.38. The zero-order valence-corrected chi connectivity index (χ0v) is 12.4. The van der Waals surface area contributed by atoms with Crippen LogP contribution in [0.1, 0.15) is 6.42 Å². The molecule has 1 saturated heterocycles. The average molecular weight is 311 g/mol. The quantitative estimate of drug-likeness (QED) is 0.848. The Morgan fingerprint density at radius 2 is 2.05 bits per heavy atom. The molecule has 2 aliphatic rings. The lowest BCUT2D eigenvalue weighted by molar-refractivity contribution is -0.133. The predicted molar refractivity (Wildman–Crippen MR) is 77.2 cm³/mol. The SMILES string of the molecule is COc1ccc(N2CCN(C(=O)[C@H]3C[C@@H]3C(F)F)CC2)nc1. The Balaban J connectivity index is 1.53. The lowest BCUT2D eigenvalue weighted by Gasteiger charge is -2.35. The smallest absolute Gasteiger partial charge is 0.242 e. The molecule has 1 aliphatic carbocycles. The van der Waals surface area contributed by atoms with Crippen molar-refractivity contribution in [3.05, 3.63) is 18.3 Å². The molecule has 2 heterocycles. The topological polar surface area (TPSA) is 45.7 Å². The number of methoxy groups -OCH3 is 1. The van der Waals surface area contributed by atoms with Gasteiger partial charge in [0.05, 0.1) is 13.3 Å². The Labute approximate surface area is 127 Å². The van der Waals surface area contributed by atoms with E-state index in [9.17, 15) is 13.6 Å². The van der Waals surface area contributed by atoms with E-state index in [1.807, 2.05) is 12.1 Å². The number of carbonyl (C=O) groups excluding carboxylic acids is 1. The number of hydrogen-bond donors (Lipinski definition) is 0. The van der Waals surface area contributed by atoms with E-state index in [-0.39, 0.29) is 5.91 Å². The van der Waals surface area contributed by atoms with Crippen LogP contribution in [0.4, 0.5) is 14.6 Å². The Morgan fingerprint density at radius 3 is 2.55 bits per heavy atom. The molecule has 2 atom stereocenters. The second-order valence-electron chi connectivity index (χ2n) is 5.71. The van der Waals surface area contributed by atoms with Gasteiger partial charge in [0.25, 0.3) is 0 Å². The first-order valence-electron chi connectivity index (χ1n) is 7.42. The molecule has 1 aromatic heterocycles. The summed E-state index contributed by atoms with van der Waals surface area (Å²) in [5.41, 5.74) is 0. The highest BCUT2D eigenvalue weighted by Gasteiger charge is 2.50. The maximum absolute atomic E-state index is 12.5.